The van der Waals surface area contributed by atoms with Crippen molar-refractivity contribution in [3.05, 3.63) is 6.92 Å². The molecule has 0 heterocycles. The zero-order valence-corrected chi connectivity index (χ0v) is 4.02. The molecule has 0 aliphatic heterocycles. The summed E-state index contributed by atoms with van der Waals surface area (Å²) >= 11 is 0. The van der Waals surface area contributed by atoms with Crippen LogP contribution in [0.4, 0.5) is 0 Å². The van der Waals surface area contributed by atoms with Crippen LogP contribution in [0, 0.1) is 6.92 Å². The Morgan fingerprint density at radius 3 is 2.00 bits per heavy atom. The second-order valence-corrected chi connectivity index (χ2v) is 2.12. The molecule has 0 aromatic carbocycles. The van der Waals surface area contributed by atoms with Crippen LogP contribution in [0.15, 0.2) is 0 Å². The Kier molecular flexibility index (Phi) is 2.00. The molecule has 0 nitrogen and oxygen atoms in total. The highest BCUT2D eigenvalue weighted by molar-refractivity contribution is 7.20. The van der Waals surface area contributed by atoms with Crippen molar-refractivity contribution >= 4 is 17.1 Å². The van der Waals surface area contributed by atoms with Crippen LogP contribution in [0.1, 0.15) is 0 Å². The quantitative estimate of drug-likeness (QED) is 0.271. The van der Waals surface area contributed by atoms with Gasteiger partial charge in [0.2, 0.25) is 0 Å². The van der Waals surface area contributed by atoms with Gasteiger partial charge in [-0.3, -0.25) is 0 Å². The highest BCUT2D eigenvalue weighted by atomic mass is 31.0. The Morgan fingerprint density at radius 1 is 2.00 bits per heavy atom. The Morgan fingerprint density at radius 2 is 2.00 bits per heavy atom. The average Bonchev–Trinajstić information content (AvgIpc) is 0.811. The van der Waals surface area contributed by atoms with E-state index < -0.39 is 0 Å². The van der Waals surface area contributed by atoms with Crippen LogP contribution in [0.25, 0.3) is 0 Å². The second kappa shape index (κ2) is 1.78. The summed E-state index contributed by atoms with van der Waals surface area (Å²) in [5, 5.41) is 0. The van der Waals surface area contributed by atoms with Crippen molar-refractivity contribution in [1.29, 1.82) is 0 Å². The molecule has 0 aliphatic carbocycles. The molecule has 0 fully saturated rings. The number of rotatable bonds is 0. The lowest BCUT2D eigenvalue weighted by Gasteiger charge is -1.78. The van der Waals surface area contributed by atoms with Crippen LogP contribution in [-0.4, -0.2) is 13.4 Å². The molecule has 0 saturated carbocycles. The van der Waals surface area contributed by atoms with Gasteiger partial charge in [0.25, 0.3) is 0 Å². The summed E-state index contributed by atoms with van der Waals surface area (Å²) in [5.74, 6) is 0. The maximum atomic E-state index is 3.60. The topological polar surface area (TPSA) is 0 Å². The molecule has 1 radical (unpaired) electrons. The van der Waals surface area contributed by atoms with Gasteiger partial charge in [0.1, 0.15) is 7.85 Å². The van der Waals surface area contributed by atoms with E-state index in [-0.39, 0.29) is 0 Å². The molecule has 0 aliphatic rings. The zero-order valence-electron chi connectivity index (χ0n) is 2.86. The molecule has 0 saturated heterocycles. The van der Waals surface area contributed by atoms with Crippen LogP contribution in [-0.2, 0) is 0 Å². The summed E-state index contributed by atoms with van der Waals surface area (Å²) in [6.07, 6.45) is 0. The average molecular weight is 72.9 g/mol. The lowest BCUT2D eigenvalue weighted by Crippen LogP contribution is -1.81. The fourth-order valence-corrected chi connectivity index (χ4v) is 0. The van der Waals surface area contributed by atoms with E-state index in [0.29, 0.717) is 5.56 Å². The van der Waals surface area contributed by atoms with Crippen molar-refractivity contribution in [3.8, 4) is 0 Å². The molecular weight excluding hydrogens is 65.8 g/mol. The number of hydrogen-bond donors (Lipinski definition) is 0. The SMILES string of the molecule is BC([CH2])P. The van der Waals surface area contributed by atoms with E-state index in [1.807, 2.05) is 7.85 Å². The van der Waals surface area contributed by atoms with Gasteiger partial charge >= 0.3 is 0 Å². The first kappa shape index (κ1) is 4.49. The minimum absolute atomic E-state index is 0.500. The fourth-order valence-electron chi connectivity index (χ4n) is 0. The van der Waals surface area contributed by atoms with E-state index in [1.165, 1.54) is 0 Å². The summed E-state index contributed by atoms with van der Waals surface area (Å²) in [5.41, 5.74) is 0.500. The van der Waals surface area contributed by atoms with Gasteiger partial charge in [0, 0.05) is 0 Å². The normalized spacial score (nSPS) is 15.5. The minimum Gasteiger partial charge on any atom is -0.143 e. The third kappa shape index (κ3) is 22.8. The Balaban J connectivity index is 2.32. The molecule has 0 aromatic rings. The first-order valence-electron chi connectivity index (χ1n) is 1.32. The van der Waals surface area contributed by atoms with Crippen LogP contribution in [0.3, 0.4) is 0 Å². The van der Waals surface area contributed by atoms with Crippen LogP contribution in [0.2, 0.25) is 0 Å². The van der Waals surface area contributed by atoms with E-state index in [4.69, 9.17) is 0 Å². The summed E-state index contributed by atoms with van der Waals surface area (Å²) in [7, 11) is 4.56. The van der Waals surface area contributed by atoms with Gasteiger partial charge in [-0.1, -0.05) is 12.5 Å². The Labute approximate surface area is 30.6 Å². The van der Waals surface area contributed by atoms with Crippen LogP contribution < -0.4 is 0 Å². The maximum absolute atomic E-state index is 3.60. The van der Waals surface area contributed by atoms with E-state index in [1.54, 1.807) is 0 Å². The number of hydrogen-bond acceptors (Lipinski definition) is 0. The molecule has 0 aromatic heterocycles. The molecule has 23 valence electrons. The van der Waals surface area contributed by atoms with Crippen LogP contribution in [0.5, 0.6) is 0 Å². The predicted octanol–water partition coefficient (Wildman–Crippen LogP) is -0.345. The summed E-state index contributed by atoms with van der Waals surface area (Å²) in [4.78, 5) is 0. The van der Waals surface area contributed by atoms with Gasteiger partial charge in [-0.2, -0.15) is 0 Å². The van der Waals surface area contributed by atoms with Crippen molar-refractivity contribution in [3.63, 3.8) is 0 Å². The third-order valence-corrected chi connectivity index (χ3v) is 0. The van der Waals surface area contributed by atoms with Crippen molar-refractivity contribution in [2.45, 2.75) is 5.56 Å². The molecule has 2 unspecified atom stereocenters. The fraction of sp³-hybridized carbons (Fsp3) is 0.500. The van der Waals surface area contributed by atoms with E-state index in [0.717, 1.165) is 0 Å². The van der Waals surface area contributed by atoms with E-state index in [9.17, 15) is 0 Å². The van der Waals surface area contributed by atoms with Crippen molar-refractivity contribution < 1.29 is 0 Å². The van der Waals surface area contributed by atoms with Gasteiger partial charge in [-0.15, -0.1) is 9.24 Å². The van der Waals surface area contributed by atoms with Crippen molar-refractivity contribution in [1.82, 2.24) is 0 Å². The summed E-state index contributed by atoms with van der Waals surface area (Å²) < 4.78 is 0. The minimum atomic E-state index is 0.500. The third-order valence-electron chi connectivity index (χ3n) is 0. The first-order chi connectivity index (χ1) is 1.73. The van der Waals surface area contributed by atoms with Gasteiger partial charge in [-0.05, 0) is 0 Å². The monoisotopic (exact) mass is 73.0 g/mol. The van der Waals surface area contributed by atoms with Crippen molar-refractivity contribution in [2.24, 2.45) is 0 Å². The Hall–Kier alpha value is 0.495. The molecule has 0 rings (SSSR count). The smallest absolute Gasteiger partial charge is 0.110 e. The summed E-state index contributed by atoms with van der Waals surface area (Å²) in [6, 6.07) is 0. The Bertz CT molecular complexity index is 10.8. The molecule has 0 amide bonds. The van der Waals surface area contributed by atoms with Gasteiger partial charge in [-0.25, -0.2) is 0 Å². The lowest BCUT2D eigenvalue weighted by atomic mass is 10.1. The molecule has 0 N–H and O–H groups in total. The highest BCUT2D eigenvalue weighted by Gasteiger charge is 1.69. The molecule has 0 bridgehead atoms. The standard InChI is InChI=1S/C2H7BP/c1-2(3)4/h2H,1,3-4H2. The lowest BCUT2D eigenvalue weighted by molar-refractivity contribution is 1.66. The van der Waals surface area contributed by atoms with E-state index in [2.05, 4.69) is 16.2 Å². The summed E-state index contributed by atoms with van der Waals surface area (Å²) in [6.45, 7) is 3.60. The predicted molar refractivity (Wildman–Crippen MR) is 27.4 cm³/mol. The van der Waals surface area contributed by atoms with E-state index >= 15 is 0 Å². The first-order valence-corrected chi connectivity index (χ1v) is 1.99. The molecule has 4 heavy (non-hydrogen) atoms. The zero-order chi connectivity index (χ0) is 3.58. The molecular formula is C2H7BP. The molecule has 0 spiro atoms. The maximum Gasteiger partial charge on any atom is 0.110 e. The highest BCUT2D eigenvalue weighted by Crippen LogP contribution is 1.84. The van der Waals surface area contributed by atoms with Gasteiger partial charge in [0.15, 0.2) is 0 Å². The molecule has 2 atom stereocenters. The largest absolute Gasteiger partial charge is 0.143 e. The van der Waals surface area contributed by atoms with Gasteiger partial charge in [0.05, 0.1) is 0 Å². The van der Waals surface area contributed by atoms with Crippen molar-refractivity contribution in [2.75, 3.05) is 0 Å². The second-order valence-electron chi connectivity index (χ2n) is 0.977. The van der Waals surface area contributed by atoms with Gasteiger partial charge < -0.3 is 0 Å². The van der Waals surface area contributed by atoms with Crippen LogP contribution >= 0.6 is 9.24 Å². The molecule has 2 heteroatoms.